The number of likely N-dealkylation sites (N-methyl/N-ethyl adjacent to an activating group) is 2. The Balaban J connectivity index is 2.73. The van der Waals surface area contributed by atoms with Gasteiger partial charge in [-0.25, -0.2) is 0 Å². The Bertz CT molecular complexity index is 160. The lowest BCUT2D eigenvalue weighted by Gasteiger charge is -2.43. The van der Waals surface area contributed by atoms with Crippen LogP contribution >= 0.6 is 0 Å². The molecule has 1 fully saturated rings. The van der Waals surface area contributed by atoms with Crippen molar-refractivity contribution in [3.63, 3.8) is 0 Å². The zero-order valence-electron chi connectivity index (χ0n) is 10.3. The normalized spacial score (nSPS) is 22.9. The van der Waals surface area contributed by atoms with Gasteiger partial charge in [0.05, 0.1) is 0 Å². The van der Waals surface area contributed by atoms with Crippen LogP contribution in [0.15, 0.2) is 0 Å². The first kappa shape index (κ1) is 12.0. The molecule has 2 nitrogen and oxygen atoms in total. The van der Waals surface area contributed by atoms with Crippen LogP contribution in [0.3, 0.4) is 0 Å². The Kier molecular flexibility index (Phi) is 4.39. The molecule has 1 unspecified atom stereocenters. The second kappa shape index (κ2) is 5.13. The summed E-state index contributed by atoms with van der Waals surface area (Å²) in [7, 11) is 6.60. The summed E-state index contributed by atoms with van der Waals surface area (Å²) in [6, 6.07) is 0.671. The molecule has 0 aromatic rings. The van der Waals surface area contributed by atoms with Gasteiger partial charge >= 0.3 is 0 Å². The number of hydrogen-bond donors (Lipinski definition) is 1. The summed E-state index contributed by atoms with van der Waals surface area (Å²) in [5.41, 5.74) is 0.435. The van der Waals surface area contributed by atoms with Gasteiger partial charge < -0.3 is 10.2 Å². The molecule has 84 valence electrons. The first-order chi connectivity index (χ1) is 6.67. The Morgan fingerprint density at radius 3 is 2.21 bits per heavy atom. The minimum absolute atomic E-state index is 0.435. The quantitative estimate of drug-likeness (QED) is 0.729. The molecule has 0 aliphatic heterocycles. The van der Waals surface area contributed by atoms with E-state index in [4.69, 9.17) is 0 Å². The number of rotatable bonds is 5. The average molecular weight is 198 g/mol. The molecule has 0 spiro atoms. The topological polar surface area (TPSA) is 15.3 Å². The van der Waals surface area contributed by atoms with Crippen molar-refractivity contribution in [3.8, 4) is 0 Å². The van der Waals surface area contributed by atoms with Gasteiger partial charge in [0.2, 0.25) is 0 Å². The molecule has 0 radical (unpaired) electrons. The Morgan fingerprint density at radius 2 is 1.86 bits per heavy atom. The van der Waals surface area contributed by atoms with Crippen LogP contribution in [0.2, 0.25) is 0 Å². The molecule has 14 heavy (non-hydrogen) atoms. The van der Waals surface area contributed by atoms with Crippen LogP contribution in [0.1, 0.15) is 45.4 Å². The molecule has 1 saturated carbocycles. The molecular weight excluding hydrogens is 172 g/mol. The van der Waals surface area contributed by atoms with E-state index in [0.29, 0.717) is 11.6 Å². The van der Waals surface area contributed by atoms with E-state index < -0.39 is 0 Å². The number of hydrogen-bond acceptors (Lipinski definition) is 2. The van der Waals surface area contributed by atoms with E-state index in [2.05, 4.69) is 38.3 Å². The second-order valence-corrected chi connectivity index (χ2v) is 4.84. The molecule has 0 saturated heterocycles. The summed E-state index contributed by atoms with van der Waals surface area (Å²) in [6.07, 6.45) is 8.12. The first-order valence-electron chi connectivity index (χ1n) is 6.02. The Labute approximate surface area is 89.1 Å². The van der Waals surface area contributed by atoms with Crippen molar-refractivity contribution in [2.24, 2.45) is 0 Å². The van der Waals surface area contributed by atoms with Crippen molar-refractivity contribution < 1.29 is 0 Å². The highest BCUT2D eigenvalue weighted by Gasteiger charge is 2.41. The van der Waals surface area contributed by atoms with Crippen molar-refractivity contribution in [2.75, 3.05) is 21.1 Å². The van der Waals surface area contributed by atoms with E-state index >= 15 is 0 Å². The first-order valence-corrected chi connectivity index (χ1v) is 6.02. The lowest BCUT2D eigenvalue weighted by Crippen LogP contribution is -2.56. The Hall–Kier alpha value is -0.0800. The molecule has 0 amide bonds. The van der Waals surface area contributed by atoms with Gasteiger partial charge in [0, 0.05) is 11.6 Å². The molecule has 1 N–H and O–H groups in total. The molecule has 0 aromatic heterocycles. The zero-order valence-corrected chi connectivity index (χ0v) is 10.3. The fraction of sp³-hybridized carbons (Fsp3) is 1.00. The molecule has 0 aromatic carbocycles. The van der Waals surface area contributed by atoms with E-state index in [0.717, 1.165) is 0 Å². The van der Waals surface area contributed by atoms with Crippen LogP contribution in [0, 0.1) is 0 Å². The van der Waals surface area contributed by atoms with Crippen LogP contribution in [0.4, 0.5) is 0 Å². The van der Waals surface area contributed by atoms with Crippen molar-refractivity contribution >= 4 is 0 Å². The summed E-state index contributed by atoms with van der Waals surface area (Å²) in [5, 5.41) is 3.53. The lowest BCUT2D eigenvalue weighted by molar-refractivity contribution is 0.103. The predicted molar refractivity (Wildman–Crippen MR) is 62.6 cm³/mol. The fourth-order valence-electron chi connectivity index (χ4n) is 3.06. The van der Waals surface area contributed by atoms with Crippen LogP contribution in [0.25, 0.3) is 0 Å². The van der Waals surface area contributed by atoms with Gasteiger partial charge in [0.25, 0.3) is 0 Å². The molecule has 1 atom stereocenters. The highest BCUT2D eigenvalue weighted by atomic mass is 15.2. The second-order valence-electron chi connectivity index (χ2n) is 4.84. The molecule has 0 heterocycles. The van der Waals surface area contributed by atoms with Crippen molar-refractivity contribution in [1.29, 1.82) is 0 Å². The van der Waals surface area contributed by atoms with Gasteiger partial charge in [-0.1, -0.05) is 26.2 Å². The molecule has 2 heteroatoms. The highest BCUT2D eigenvalue weighted by molar-refractivity contribution is 5.01. The molecule has 1 rings (SSSR count). The maximum atomic E-state index is 3.53. The van der Waals surface area contributed by atoms with Crippen LogP contribution in [-0.4, -0.2) is 37.6 Å². The van der Waals surface area contributed by atoms with Gasteiger partial charge in [-0.15, -0.1) is 0 Å². The van der Waals surface area contributed by atoms with Crippen molar-refractivity contribution in [3.05, 3.63) is 0 Å². The minimum Gasteiger partial charge on any atom is -0.315 e. The summed E-state index contributed by atoms with van der Waals surface area (Å²) < 4.78 is 0. The number of nitrogens with zero attached hydrogens (tertiary/aromatic N) is 1. The van der Waals surface area contributed by atoms with Gasteiger partial charge in [-0.2, -0.15) is 0 Å². The van der Waals surface area contributed by atoms with Crippen LogP contribution in [-0.2, 0) is 0 Å². The maximum absolute atomic E-state index is 3.53. The third kappa shape index (κ3) is 2.12. The molecule has 1 aliphatic carbocycles. The SMILES string of the molecule is CCCC(NC)C1(N(C)C)CCCC1. The lowest BCUT2D eigenvalue weighted by atomic mass is 9.84. The summed E-state index contributed by atoms with van der Waals surface area (Å²) >= 11 is 0. The Morgan fingerprint density at radius 1 is 1.29 bits per heavy atom. The predicted octanol–water partition coefficient (Wildman–Crippen LogP) is 2.25. The maximum Gasteiger partial charge on any atom is 0.0356 e. The van der Waals surface area contributed by atoms with E-state index in [1.807, 2.05) is 0 Å². The third-order valence-corrected chi connectivity index (χ3v) is 3.93. The fourth-order valence-corrected chi connectivity index (χ4v) is 3.06. The minimum atomic E-state index is 0.435. The van der Waals surface area contributed by atoms with Crippen molar-refractivity contribution in [1.82, 2.24) is 10.2 Å². The molecular formula is C12H26N2. The van der Waals surface area contributed by atoms with Crippen LogP contribution < -0.4 is 5.32 Å². The smallest absolute Gasteiger partial charge is 0.0356 e. The van der Waals surface area contributed by atoms with E-state index in [-0.39, 0.29) is 0 Å². The van der Waals surface area contributed by atoms with Gasteiger partial charge in [-0.05, 0) is 40.4 Å². The monoisotopic (exact) mass is 198 g/mol. The van der Waals surface area contributed by atoms with Gasteiger partial charge in [0.15, 0.2) is 0 Å². The standard InChI is InChI=1S/C12H26N2/c1-5-8-11(13-2)12(14(3)4)9-6-7-10-12/h11,13H,5-10H2,1-4H3. The largest absolute Gasteiger partial charge is 0.315 e. The molecule has 1 aliphatic rings. The van der Waals surface area contributed by atoms with Gasteiger partial charge in [0.1, 0.15) is 0 Å². The third-order valence-electron chi connectivity index (χ3n) is 3.93. The highest BCUT2D eigenvalue weighted by Crippen LogP contribution is 2.37. The molecule has 0 bridgehead atoms. The van der Waals surface area contributed by atoms with Crippen molar-refractivity contribution in [2.45, 2.75) is 57.0 Å². The van der Waals surface area contributed by atoms with E-state index in [9.17, 15) is 0 Å². The van der Waals surface area contributed by atoms with E-state index in [1.54, 1.807) is 0 Å². The zero-order chi connectivity index (χ0) is 10.6. The summed E-state index contributed by atoms with van der Waals surface area (Å²) in [5.74, 6) is 0. The average Bonchev–Trinajstić information content (AvgIpc) is 2.64. The number of nitrogens with one attached hydrogen (secondary N) is 1. The van der Waals surface area contributed by atoms with Crippen LogP contribution in [0.5, 0.6) is 0 Å². The van der Waals surface area contributed by atoms with E-state index in [1.165, 1.54) is 38.5 Å². The summed E-state index contributed by atoms with van der Waals surface area (Å²) in [4.78, 5) is 2.46. The van der Waals surface area contributed by atoms with Gasteiger partial charge in [-0.3, -0.25) is 0 Å². The summed E-state index contributed by atoms with van der Waals surface area (Å²) in [6.45, 7) is 2.28.